The summed E-state index contributed by atoms with van der Waals surface area (Å²) in [6, 6.07) is 3.91. The van der Waals surface area contributed by atoms with Crippen LogP contribution in [-0.2, 0) is 0 Å². The van der Waals surface area contributed by atoms with E-state index in [0.29, 0.717) is 24.1 Å². The number of thiazole rings is 1. The Morgan fingerprint density at radius 1 is 1.35 bits per heavy atom. The molecule has 0 unspecified atom stereocenters. The fourth-order valence-corrected chi connectivity index (χ4v) is 3.75. The van der Waals surface area contributed by atoms with Crippen LogP contribution in [0.3, 0.4) is 0 Å². The fraction of sp³-hybridized carbons (Fsp3) is 0.412. The minimum absolute atomic E-state index is 0.100. The Kier molecular flexibility index (Phi) is 4.46. The van der Waals surface area contributed by atoms with Crippen LogP contribution in [-0.4, -0.2) is 49.6 Å². The van der Waals surface area contributed by atoms with E-state index in [1.54, 1.807) is 10.7 Å². The van der Waals surface area contributed by atoms with E-state index in [-0.39, 0.29) is 12.1 Å². The van der Waals surface area contributed by atoms with Crippen molar-refractivity contribution in [1.82, 2.24) is 24.5 Å². The van der Waals surface area contributed by atoms with Crippen molar-refractivity contribution in [3.8, 4) is 0 Å². The van der Waals surface area contributed by atoms with Gasteiger partial charge >= 0.3 is 6.03 Å². The Morgan fingerprint density at radius 3 is 3.04 bits per heavy atom. The molecule has 3 aromatic rings. The molecule has 1 aliphatic heterocycles. The van der Waals surface area contributed by atoms with Gasteiger partial charge in [-0.2, -0.15) is 0 Å². The van der Waals surface area contributed by atoms with Gasteiger partial charge in [-0.15, -0.1) is 16.4 Å². The number of urea groups is 1. The maximum Gasteiger partial charge on any atom is 0.323 e. The average molecular weight is 371 g/mol. The number of likely N-dealkylation sites (tertiary alicyclic amines) is 1. The first-order chi connectivity index (χ1) is 12.6. The van der Waals surface area contributed by atoms with Crippen molar-refractivity contribution in [3.63, 3.8) is 0 Å². The number of rotatable bonds is 4. The van der Waals surface area contributed by atoms with E-state index in [0.717, 1.165) is 17.9 Å². The van der Waals surface area contributed by atoms with Crippen LogP contribution in [0, 0.1) is 0 Å². The first kappa shape index (κ1) is 16.8. The quantitative estimate of drug-likeness (QED) is 0.736. The number of imidazole rings is 1. The number of carbonyl (C=O) groups excluding carboxylic acids is 1. The molecular weight excluding hydrogens is 350 g/mol. The molecule has 1 saturated heterocycles. The zero-order valence-electron chi connectivity index (χ0n) is 14.7. The lowest BCUT2D eigenvalue weighted by Gasteiger charge is -2.17. The van der Waals surface area contributed by atoms with Crippen molar-refractivity contribution < 1.29 is 4.79 Å². The molecule has 0 saturated carbocycles. The number of carbonyl (C=O) groups is 1. The van der Waals surface area contributed by atoms with Gasteiger partial charge in [0.25, 0.3) is 0 Å². The molecule has 1 fully saturated rings. The van der Waals surface area contributed by atoms with Gasteiger partial charge in [0.05, 0.1) is 0 Å². The Morgan fingerprint density at radius 2 is 2.23 bits per heavy atom. The number of nitrogens with one attached hydrogen (secondary N) is 2. The molecule has 26 heavy (non-hydrogen) atoms. The molecule has 0 spiro atoms. The van der Waals surface area contributed by atoms with E-state index in [9.17, 15) is 4.79 Å². The molecule has 0 bridgehead atoms. The molecule has 4 heterocycles. The van der Waals surface area contributed by atoms with E-state index >= 15 is 0 Å². The Bertz CT molecular complexity index is 919. The maximum atomic E-state index is 12.5. The summed E-state index contributed by atoms with van der Waals surface area (Å²) in [5, 5.41) is 11.4. The second-order valence-corrected chi connectivity index (χ2v) is 7.74. The average Bonchev–Trinajstić information content (AvgIpc) is 3.34. The van der Waals surface area contributed by atoms with Crippen LogP contribution in [0.1, 0.15) is 31.1 Å². The molecule has 1 aliphatic rings. The SMILES string of the molecule is CC(C)c1cnc(NC(=O)N2CC[C@H](Nc3ccc4nccn4n3)C2)s1. The van der Waals surface area contributed by atoms with E-state index in [1.165, 1.54) is 16.2 Å². The Labute approximate surface area is 155 Å². The van der Waals surface area contributed by atoms with Crippen LogP contribution in [0.15, 0.2) is 30.7 Å². The summed E-state index contributed by atoms with van der Waals surface area (Å²) in [7, 11) is 0. The van der Waals surface area contributed by atoms with Gasteiger partial charge in [0.15, 0.2) is 10.8 Å². The third kappa shape index (κ3) is 3.48. The highest BCUT2D eigenvalue weighted by molar-refractivity contribution is 7.15. The zero-order valence-corrected chi connectivity index (χ0v) is 15.5. The maximum absolute atomic E-state index is 12.5. The summed E-state index contributed by atoms with van der Waals surface area (Å²) in [4.78, 5) is 23.9. The van der Waals surface area contributed by atoms with Gasteiger partial charge in [-0.1, -0.05) is 13.8 Å². The summed E-state index contributed by atoms with van der Waals surface area (Å²) in [5.41, 5.74) is 0.812. The molecule has 3 aromatic heterocycles. The predicted molar refractivity (Wildman–Crippen MR) is 102 cm³/mol. The topological polar surface area (TPSA) is 87.5 Å². The van der Waals surface area contributed by atoms with Gasteiger partial charge in [0, 0.05) is 42.6 Å². The Hall–Kier alpha value is -2.68. The molecule has 4 rings (SSSR count). The van der Waals surface area contributed by atoms with Crippen molar-refractivity contribution in [1.29, 1.82) is 0 Å². The van der Waals surface area contributed by atoms with E-state index in [2.05, 4.69) is 39.5 Å². The number of amides is 2. The lowest BCUT2D eigenvalue weighted by Crippen LogP contribution is -2.35. The molecule has 0 radical (unpaired) electrons. The van der Waals surface area contributed by atoms with Crippen LogP contribution in [0.4, 0.5) is 15.7 Å². The Balaban J connectivity index is 1.34. The van der Waals surface area contributed by atoms with Crippen molar-refractivity contribution in [2.45, 2.75) is 32.2 Å². The summed E-state index contributed by atoms with van der Waals surface area (Å²) in [6.07, 6.45) is 6.24. The smallest absolute Gasteiger partial charge is 0.323 e. The van der Waals surface area contributed by atoms with Gasteiger partial charge in [-0.3, -0.25) is 5.32 Å². The number of fused-ring (bicyclic) bond motifs is 1. The van der Waals surface area contributed by atoms with E-state index < -0.39 is 0 Å². The predicted octanol–water partition coefficient (Wildman–Crippen LogP) is 3.03. The highest BCUT2D eigenvalue weighted by atomic mass is 32.1. The molecule has 1 atom stereocenters. The van der Waals surface area contributed by atoms with Crippen molar-refractivity contribution in [3.05, 3.63) is 35.6 Å². The van der Waals surface area contributed by atoms with Gasteiger partial charge in [-0.05, 0) is 24.5 Å². The summed E-state index contributed by atoms with van der Waals surface area (Å²) in [5.74, 6) is 1.20. The van der Waals surface area contributed by atoms with Gasteiger partial charge in [0.2, 0.25) is 0 Å². The highest BCUT2D eigenvalue weighted by Crippen LogP contribution is 2.25. The van der Waals surface area contributed by atoms with Crippen molar-refractivity contribution in [2.24, 2.45) is 0 Å². The first-order valence-corrected chi connectivity index (χ1v) is 9.49. The number of aromatic nitrogens is 4. The van der Waals surface area contributed by atoms with Crippen LogP contribution < -0.4 is 10.6 Å². The van der Waals surface area contributed by atoms with Crippen molar-refractivity contribution in [2.75, 3.05) is 23.7 Å². The summed E-state index contributed by atoms with van der Waals surface area (Å²) >= 11 is 1.53. The minimum atomic E-state index is -0.100. The molecular formula is C17H21N7OS. The van der Waals surface area contributed by atoms with Crippen LogP contribution in [0.5, 0.6) is 0 Å². The summed E-state index contributed by atoms with van der Waals surface area (Å²) < 4.78 is 1.73. The van der Waals surface area contributed by atoms with Crippen LogP contribution >= 0.6 is 11.3 Å². The number of hydrogen-bond acceptors (Lipinski definition) is 6. The second-order valence-electron chi connectivity index (χ2n) is 6.68. The van der Waals surface area contributed by atoms with Gasteiger partial charge < -0.3 is 10.2 Å². The summed E-state index contributed by atoms with van der Waals surface area (Å²) in [6.45, 7) is 5.58. The van der Waals surface area contributed by atoms with Crippen LogP contribution in [0.2, 0.25) is 0 Å². The van der Waals surface area contributed by atoms with E-state index in [4.69, 9.17) is 0 Å². The van der Waals surface area contributed by atoms with E-state index in [1.807, 2.05) is 29.4 Å². The molecule has 2 amide bonds. The standard InChI is InChI=1S/C17H21N7OS/c1-11(2)13-9-19-16(26-13)21-17(25)23-7-5-12(10-23)20-14-3-4-15-18-6-8-24(15)22-14/h3-4,6,8-9,11-12H,5,7,10H2,1-2H3,(H,20,22)(H,19,21,25)/t12-/m0/s1. The fourth-order valence-electron chi connectivity index (χ4n) is 2.95. The van der Waals surface area contributed by atoms with Crippen LogP contribution in [0.25, 0.3) is 5.65 Å². The minimum Gasteiger partial charge on any atom is -0.364 e. The second kappa shape index (κ2) is 6.91. The zero-order chi connectivity index (χ0) is 18.1. The highest BCUT2D eigenvalue weighted by Gasteiger charge is 2.27. The normalized spacial score (nSPS) is 17.2. The molecule has 8 nitrogen and oxygen atoms in total. The monoisotopic (exact) mass is 371 g/mol. The number of nitrogens with zero attached hydrogens (tertiary/aromatic N) is 5. The molecule has 0 aromatic carbocycles. The van der Waals surface area contributed by atoms with Gasteiger partial charge in [-0.25, -0.2) is 19.3 Å². The lowest BCUT2D eigenvalue weighted by molar-refractivity contribution is 0.222. The third-order valence-electron chi connectivity index (χ3n) is 4.39. The molecule has 0 aliphatic carbocycles. The largest absolute Gasteiger partial charge is 0.364 e. The van der Waals surface area contributed by atoms with Crippen molar-refractivity contribution >= 4 is 34.0 Å². The molecule has 9 heteroatoms. The first-order valence-electron chi connectivity index (χ1n) is 8.67. The number of hydrogen-bond donors (Lipinski definition) is 2. The molecule has 2 N–H and O–H groups in total. The number of anilines is 2. The lowest BCUT2D eigenvalue weighted by atomic mass is 10.2. The molecule has 136 valence electrons. The third-order valence-corrected chi connectivity index (χ3v) is 5.60. The van der Waals surface area contributed by atoms with Gasteiger partial charge in [0.1, 0.15) is 5.82 Å².